The zero-order valence-corrected chi connectivity index (χ0v) is 20.4. The molecule has 1 aromatic carbocycles. The van der Waals surface area contributed by atoms with Gasteiger partial charge in [-0.15, -0.1) is 0 Å². The van der Waals surface area contributed by atoms with E-state index in [1.54, 1.807) is 0 Å². The summed E-state index contributed by atoms with van der Waals surface area (Å²) in [6, 6.07) is 5.69. The van der Waals surface area contributed by atoms with E-state index in [9.17, 15) is 14.4 Å². The first-order valence-corrected chi connectivity index (χ1v) is 12.4. The van der Waals surface area contributed by atoms with E-state index in [0.717, 1.165) is 36.1 Å². The van der Waals surface area contributed by atoms with E-state index in [1.165, 1.54) is 51.4 Å². The molecular formula is C26H43N3O3. The number of rotatable bonds is 16. The van der Waals surface area contributed by atoms with Gasteiger partial charge in [-0.05, 0) is 43.5 Å². The summed E-state index contributed by atoms with van der Waals surface area (Å²) in [5, 5.41) is 2.79. The van der Waals surface area contributed by atoms with Gasteiger partial charge in [0.25, 0.3) is 0 Å². The number of carbonyl (C=O) groups is 3. The van der Waals surface area contributed by atoms with Crippen LogP contribution in [0.5, 0.6) is 0 Å². The first-order valence-electron chi connectivity index (χ1n) is 12.4. The van der Waals surface area contributed by atoms with E-state index < -0.39 is 0 Å². The molecule has 6 heteroatoms. The van der Waals surface area contributed by atoms with Crippen molar-refractivity contribution in [3.8, 4) is 0 Å². The van der Waals surface area contributed by atoms with E-state index in [0.29, 0.717) is 6.42 Å². The maximum absolute atomic E-state index is 12.0. The average molecular weight is 446 g/mol. The summed E-state index contributed by atoms with van der Waals surface area (Å²) in [4.78, 5) is 35.7. The summed E-state index contributed by atoms with van der Waals surface area (Å²) in [5.41, 5.74) is 7.80. The molecule has 3 N–H and O–H groups in total. The van der Waals surface area contributed by atoms with E-state index >= 15 is 0 Å². The molecule has 0 aliphatic heterocycles. The van der Waals surface area contributed by atoms with Crippen LogP contribution in [0.2, 0.25) is 0 Å². The molecule has 0 aliphatic rings. The Balaban J connectivity index is 2.00. The molecule has 0 unspecified atom stereocenters. The summed E-state index contributed by atoms with van der Waals surface area (Å²) in [7, 11) is 0. The Morgan fingerprint density at radius 1 is 0.625 bits per heavy atom. The van der Waals surface area contributed by atoms with Crippen LogP contribution in [-0.2, 0) is 14.4 Å². The third-order valence-corrected chi connectivity index (χ3v) is 5.72. The van der Waals surface area contributed by atoms with Crippen molar-refractivity contribution in [2.24, 2.45) is 0 Å². The molecule has 0 saturated carbocycles. The standard InChI is InChI=1S/C26H43N3O3/c1-4-5-6-7-8-9-10-11-12-13-14-15-25(31)28-29-26(32)19-18-24(30)27-23-17-16-21(2)22(3)20-23/h16-17,20H,4-15,18-19H2,1-3H3,(H,27,30)(H,28,31)(H,29,32). The number of amides is 3. The van der Waals surface area contributed by atoms with Gasteiger partial charge in [0.1, 0.15) is 0 Å². The second-order valence-corrected chi connectivity index (χ2v) is 8.73. The SMILES string of the molecule is CCCCCCCCCCCCCC(=O)NNC(=O)CCC(=O)Nc1ccc(C)c(C)c1. The fourth-order valence-electron chi connectivity index (χ4n) is 3.48. The first kappa shape index (κ1) is 27.7. The highest BCUT2D eigenvalue weighted by atomic mass is 16.2. The largest absolute Gasteiger partial charge is 0.326 e. The molecule has 0 aliphatic carbocycles. The molecule has 0 spiro atoms. The Bertz CT molecular complexity index is 704. The number of anilines is 1. The van der Waals surface area contributed by atoms with Gasteiger partial charge in [-0.1, -0.05) is 77.2 Å². The Morgan fingerprint density at radius 2 is 1.12 bits per heavy atom. The van der Waals surface area contributed by atoms with Gasteiger partial charge in [0, 0.05) is 24.9 Å². The van der Waals surface area contributed by atoms with Crippen molar-refractivity contribution in [1.29, 1.82) is 0 Å². The zero-order valence-electron chi connectivity index (χ0n) is 20.4. The fourth-order valence-corrected chi connectivity index (χ4v) is 3.48. The lowest BCUT2D eigenvalue weighted by atomic mass is 10.1. The van der Waals surface area contributed by atoms with Gasteiger partial charge >= 0.3 is 0 Å². The lowest BCUT2D eigenvalue weighted by Gasteiger charge is -2.09. The third kappa shape index (κ3) is 13.8. The Hall–Kier alpha value is -2.37. The second kappa shape index (κ2) is 17.2. The summed E-state index contributed by atoms with van der Waals surface area (Å²) in [6.45, 7) is 6.23. The van der Waals surface area contributed by atoms with Gasteiger partial charge in [0.15, 0.2) is 0 Å². The van der Waals surface area contributed by atoms with Crippen LogP contribution in [0.25, 0.3) is 0 Å². The average Bonchev–Trinajstić information content (AvgIpc) is 2.77. The fraction of sp³-hybridized carbons (Fsp3) is 0.654. The zero-order chi connectivity index (χ0) is 23.6. The molecule has 180 valence electrons. The lowest BCUT2D eigenvalue weighted by Crippen LogP contribution is -2.41. The number of hydrogen-bond donors (Lipinski definition) is 3. The highest BCUT2D eigenvalue weighted by molar-refractivity contribution is 5.93. The monoisotopic (exact) mass is 445 g/mol. The molecule has 0 fully saturated rings. The number of nitrogens with one attached hydrogen (secondary N) is 3. The normalized spacial score (nSPS) is 10.6. The number of unbranched alkanes of at least 4 members (excludes halogenated alkanes) is 10. The summed E-state index contributed by atoms with van der Waals surface area (Å²) >= 11 is 0. The molecule has 0 atom stereocenters. The van der Waals surface area contributed by atoms with Crippen LogP contribution in [0.4, 0.5) is 5.69 Å². The van der Waals surface area contributed by atoms with Crippen LogP contribution in [0.1, 0.15) is 108 Å². The van der Waals surface area contributed by atoms with Gasteiger partial charge in [-0.2, -0.15) is 0 Å². The number of hydrazine groups is 1. The predicted molar refractivity (Wildman–Crippen MR) is 131 cm³/mol. The van der Waals surface area contributed by atoms with Crippen molar-refractivity contribution < 1.29 is 14.4 Å². The maximum Gasteiger partial charge on any atom is 0.238 e. The van der Waals surface area contributed by atoms with Crippen molar-refractivity contribution >= 4 is 23.4 Å². The van der Waals surface area contributed by atoms with Crippen LogP contribution < -0.4 is 16.2 Å². The Morgan fingerprint density at radius 3 is 1.69 bits per heavy atom. The first-order chi connectivity index (χ1) is 15.4. The number of hydrogen-bond acceptors (Lipinski definition) is 3. The van der Waals surface area contributed by atoms with Crippen molar-refractivity contribution in [2.45, 2.75) is 111 Å². The van der Waals surface area contributed by atoms with E-state index in [4.69, 9.17) is 0 Å². The topological polar surface area (TPSA) is 87.3 Å². The van der Waals surface area contributed by atoms with Crippen LogP contribution in [-0.4, -0.2) is 17.7 Å². The van der Waals surface area contributed by atoms with Crippen molar-refractivity contribution in [1.82, 2.24) is 10.9 Å². The van der Waals surface area contributed by atoms with Crippen LogP contribution in [0.3, 0.4) is 0 Å². The Kier molecular flexibility index (Phi) is 14.9. The van der Waals surface area contributed by atoms with Crippen LogP contribution in [0, 0.1) is 13.8 Å². The van der Waals surface area contributed by atoms with Crippen molar-refractivity contribution in [3.05, 3.63) is 29.3 Å². The van der Waals surface area contributed by atoms with Gasteiger partial charge in [-0.25, -0.2) is 0 Å². The van der Waals surface area contributed by atoms with Crippen LogP contribution >= 0.6 is 0 Å². The third-order valence-electron chi connectivity index (χ3n) is 5.72. The van der Waals surface area contributed by atoms with Gasteiger partial charge in [-0.3, -0.25) is 25.2 Å². The minimum absolute atomic E-state index is 0.0232. The number of benzene rings is 1. The van der Waals surface area contributed by atoms with E-state index in [-0.39, 0.29) is 30.6 Å². The highest BCUT2D eigenvalue weighted by Gasteiger charge is 2.09. The smallest absolute Gasteiger partial charge is 0.238 e. The highest BCUT2D eigenvalue weighted by Crippen LogP contribution is 2.14. The van der Waals surface area contributed by atoms with Gasteiger partial charge < -0.3 is 5.32 Å². The molecule has 1 rings (SSSR count). The molecule has 0 bridgehead atoms. The molecule has 0 saturated heterocycles. The predicted octanol–water partition coefficient (Wildman–Crippen LogP) is 5.87. The maximum atomic E-state index is 12.0. The second-order valence-electron chi connectivity index (χ2n) is 8.73. The Labute approximate surface area is 194 Å². The molecule has 3 amide bonds. The number of aryl methyl sites for hydroxylation is 2. The minimum Gasteiger partial charge on any atom is -0.326 e. The molecular weight excluding hydrogens is 402 g/mol. The van der Waals surface area contributed by atoms with E-state index in [1.807, 2.05) is 32.0 Å². The quantitative estimate of drug-likeness (QED) is 0.220. The minimum atomic E-state index is -0.368. The van der Waals surface area contributed by atoms with Crippen LogP contribution in [0.15, 0.2) is 18.2 Å². The van der Waals surface area contributed by atoms with Crippen molar-refractivity contribution in [3.63, 3.8) is 0 Å². The molecule has 0 heterocycles. The molecule has 0 radical (unpaired) electrons. The van der Waals surface area contributed by atoms with Crippen molar-refractivity contribution in [2.75, 3.05) is 5.32 Å². The number of carbonyl (C=O) groups excluding carboxylic acids is 3. The molecule has 6 nitrogen and oxygen atoms in total. The molecule has 0 aromatic heterocycles. The summed E-state index contributed by atoms with van der Waals surface area (Å²) in [5.74, 6) is -0.780. The summed E-state index contributed by atoms with van der Waals surface area (Å²) < 4.78 is 0. The summed E-state index contributed by atoms with van der Waals surface area (Å²) in [6.07, 6.45) is 14.1. The van der Waals surface area contributed by atoms with Gasteiger partial charge in [0.05, 0.1) is 0 Å². The molecule has 32 heavy (non-hydrogen) atoms. The molecule has 1 aromatic rings. The lowest BCUT2D eigenvalue weighted by molar-refractivity contribution is -0.129. The van der Waals surface area contributed by atoms with E-state index in [2.05, 4.69) is 23.1 Å². The van der Waals surface area contributed by atoms with Gasteiger partial charge in [0.2, 0.25) is 17.7 Å².